The summed E-state index contributed by atoms with van der Waals surface area (Å²) < 4.78 is 7.16. The lowest BCUT2D eigenvalue weighted by Gasteiger charge is -2.12. The van der Waals surface area contributed by atoms with E-state index in [1.165, 1.54) is 21.8 Å². The van der Waals surface area contributed by atoms with Gasteiger partial charge in [-0.25, -0.2) is 14.8 Å². The van der Waals surface area contributed by atoms with Gasteiger partial charge in [-0.1, -0.05) is 48.5 Å². The number of fused-ring (bicyclic) bond motifs is 3. The Morgan fingerprint density at radius 2 is 1.88 bits per heavy atom. The average molecular weight is 466 g/mol. The van der Waals surface area contributed by atoms with Crippen LogP contribution in [0.4, 0.5) is 0 Å². The minimum absolute atomic E-state index is 0.0688. The number of carbonyl (C=O) groups is 1. The maximum atomic E-state index is 13.4. The molecule has 6 rings (SSSR count). The van der Waals surface area contributed by atoms with Crippen molar-refractivity contribution < 1.29 is 9.53 Å². The summed E-state index contributed by atoms with van der Waals surface area (Å²) in [6.07, 6.45) is 5.34. The Labute approximate surface area is 198 Å². The highest BCUT2D eigenvalue weighted by Gasteiger charge is 2.27. The van der Waals surface area contributed by atoms with E-state index in [0.29, 0.717) is 16.2 Å². The highest BCUT2D eigenvalue weighted by Crippen LogP contribution is 2.37. The Morgan fingerprint density at radius 3 is 2.76 bits per heavy atom. The van der Waals surface area contributed by atoms with E-state index in [1.54, 1.807) is 11.6 Å². The predicted octanol–water partition coefficient (Wildman–Crippen LogP) is 5.15. The van der Waals surface area contributed by atoms with E-state index in [1.807, 2.05) is 42.5 Å². The maximum absolute atomic E-state index is 13.4. The van der Waals surface area contributed by atoms with Crippen molar-refractivity contribution in [1.82, 2.24) is 14.4 Å². The van der Waals surface area contributed by atoms with Gasteiger partial charge in [-0.3, -0.25) is 9.20 Å². The Hall–Kier alpha value is -4.10. The summed E-state index contributed by atoms with van der Waals surface area (Å²) in [6, 6.07) is 19.2. The normalized spacial score (nSPS) is 14.1. The Bertz CT molecular complexity index is 1650. The molecule has 6 nitrogen and oxygen atoms in total. The van der Waals surface area contributed by atoms with Gasteiger partial charge in [0, 0.05) is 23.0 Å². The lowest BCUT2D eigenvalue weighted by molar-refractivity contribution is 0.0469. The third kappa shape index (κ3) is 3.60. The van der Waals surface area contributed by atoms with Crippen LogP contribution in [0.2, 0.25) is 0 Å². The van der Waals surface area contributed by atoms with Crippen LogP contribution in [0.5, 0.6) is 0 Å². The quantitative estimate of drug-likeness (QED) is 0.343. The summed E-state index contributed by atoms with van der Waals surface area (Å²) in [5.74, 6) is -0.427. The van der Waals surface area contributed by atoms with Crippen molar-refractivity contribution in [2.24, 2.45) is 0 Å². The average Bonchev–Trinajstić information content (AvgIpc) is 3.49. The molecule has 0 unspecified atom stereocenters. The van der Waals surface area contributed by atoms with Crippen molar-refractivity contribution >= 4 is 44.8 Å². The molecular formula is C27H19N3O3S. The van der Waals surface area contributed by atoms with Crippen LogP contribution in [0, 0.1) is 0 Å². The molecule has 166 valence electrons. The first-order valence-electron chi connectivity index (χ1n) is 11.0. The highest BCUT2D eigenvalue weighted by atomic mass is 32.1. The van der Waals surface area contributed by atoms with Gasteiger partial charge in [0.2, 0.25) is 0 Å². The first kappa shape index (κ1) is 20.5. The van der Waals surface area contributed by atoms with Gasteiger partial charge in [0.25, 0.3) is 5.56 Å². The molecule has 0 aliphatic heterocycles. The summed E-state index contributed by atoms with van der Waals surface area (Å²) in [5, 5.41) is 2.57. The van der Waals surface area contributed by atoms with Crippen molar-refractivity contribution in [2.75, 3.05) is 0 Å². The number of allylic oxidation sites excluding steroid dienone is 1. The number of ether oxygens (including phenoxy) is 1. The summed E-state index contributed by atoms with van der Waals surface area (Å²) >= 11 is 1.36. The monoisotopic (exact) mass is 465 g/mol. The summed E-state index contributed by atoms with van der Waals surface area (Å²) in [7, 11) is 0. The number of hydrogen-bond acceptors (Lipinski definition) is 6. The zero-order valence-electron chi connectivity index (χ0n) is 18.1. The lowest BCUT2D eigenvalue weighted by atomic mass is 10.0. The molecule has 0 fully saturated rings. The number of benzene rings is 2. The third-order valence-corrected chi connectivity index (χ3v) is 6.75. The second kappa shape index (κ2) is 8.35. The largest absolute Gasteiger partial charge is 0.456 e. The summed E-state index contributed by atoms with van der Waals surface area (Å²) in [5.41, 5.74) is 5.52. The molecule has 1 aliphatic rings. The minimum atomic E-state index is -0.427. The molecule has 0 bridgehead atoms. The summed E-state index contributed by atoms with van der Waals surface area (Å²) in [6.45, 7) is -0.0688. The fourth-order valence-corrected chi connectivity index (χ4v) is 5.17. The fourth-order valence-electron chi connectivity index (χ4n) is 4.44. The van der Waals surface area contributed by atoms with Crippen molar-refractivity contribution in [3.05, 3.63) is 111 Å². The molecule has 3 aromatic heterocycles. The Kier molecular flexibility index (Phi) is 5.04. The van der Waals surface area contributed by atoms with Crippen LogP contribution in [0.25, 0.3) is 27.5 Å². The van der Waals surface area contributed by atoms with Crippen molar-refractivity contribution in [3.63, 3.8) is 0 Å². The van der Waals surface area contributed by atoms with Crippen LogP contribution in [0.15, 0.2) is 77.0 Å². The van der Waals surface area contributed by atoms with Gasteiger partial charge >= 0.3 is 5.97 Å². The van der Waals surface area contributed by atoms with Crippen molar-refractivity contribution in [2.45, 2.75) is 19.4 Å². The molecule has 2 aromatic carbocycles. The van der Waals surface area contributed by atoms with Crippen LogP contribution in [0.1, 0.15) is 39.3 Å². The molecule has 5 aromatic rings. The zero-order valence-corrected chi connectivity index (χ0v) is 18.9. The lowest BCUT2D eigenvalue weighted by Crippen LogP contribution is -2.15. The van der Waals surface area contributed by atoms with Crippen LogP contribution in [-0.4, -0.2) is 20.3 Å². The number of hydrogen-bond donors (Lipinski definition) is 0. The molecular weight excluding hydrogens is 446 g/mol. The second-order valence-corrected chi connectivity index (χ2v) is 9.00. The highest BCUT2D eigenvalue weighted by molar-refractivity contribution is 7.15. The standard InChI is InChI=1S/C27H19N3O3S/c31-23-15-19(28-27-30(23)12-13-34-27)16-33-26(32)24-20-8-4-5-9-22(20)29-25-18(10-11-21(24)25)14-17-6-2-1-3-7-17/h1-9,12-15H,10-11,16H2/b18-14+. The van der Waals surface area contributed by atoms with E-state index in [-0.39, 0.29) is 12.2 Å². The van der Waals surface area contributed by atoms with Gasteiger partial charge in [-0.05, 0) is 41.7 Å². The number of para-hydroxylation sites is 1. The van der Waals surface area contributed by atoms with E-state index in [2.05, 4.69) is 23.2 Å². The van der Waals surface area contributed by atoms with Crippen LogP contribution in [0.3, 0.4) is 0 Å². The topological polar surface area (TPSA) is 73.6 Å². The first-order chi connectivity index (χ1) is 16.7. The summed E-state index contributed by atoms with van der Waals surface area (Å²) in [4.78, 5) is 35.6. The number of carbonyl (C=O) groups excluding carboxylic acids is 1. The molecule has 0 saturated carbocycles. The van der Waals surface area contributed by atoms with Gasteiger partial charge in [0.1, 0.15) is 6.61 Å². The van der Waals surface area contributed by atoms with E-state index >= 15 is 0 Å². The Balaban J connectivity index is 1.38. The third-order valence-electron chi connectivity index (χ3n) is 5.99. The molecule has 0 amide bonds. The van der Waals surface area contributed by atoms with Gasteiger partial charge in [0.15, 0.2) is 4.96 Å². The maximum Gasteiger partial charge on any atom is 0.339 e. The smallest absolute Gasteiger partial charge is 0.339 e. The SMILES string of the molecule is O=C(OCc1cc(=O)n2ccsc2n1)c1c2c(nc3ccccc13)/C(=C/c1ccccc1)CC2. The van der Waals surface area contributed by atoms with Crippen molar-refractivity contribution in [3.8, 4) is 0 Å². The van der Waals surface area contributed by atoms with Gasteiger partial charge < -0.3 is 4.74 Å². The van der Waals surface area contributed by atoms with E-state index in [0.717, 1.165) is 46.1 Å². The number of nitrogens with zero attached hydrogens (tertiary/aromatic N) is 3. The molecule has 1 aliphatic carbocycles. The van der Waals surface area contributed by atoms with E-state index in [9.17, 15) is 9.59 Å². The number of thiazole rings is 1. The molecule has 0 saturated heterocycles. The minimum Gasteiger partial charge on any atom is -0.456 e. The van der Waals surface area contributed by atoms with Gasteiger partial charge in [0.05, 0.1) is 22.5 Å². The molecule has 0 spiro atoms. The molecule has 0 atom stereocenters. The fraction of sp³-hybridized carbons (Fsp3) is 0.111. The van der Waals surface area contributed by atoms with Gasteiger partial charge in [-0.15, -0.1) is 11.3 Å². The molecule has 0 N–H and O–H groups in total. The molecule has 0 radical (unpaired) electrons. The van der Waals surface area contributed by atoms with Crippen LogP contribution in [-0.2, 0) is 17.8 Å². The number of pyridine rings is 1. The van der Waals surface area contributed by atoms with Crippen molar-refractivity contribution in [1.29, 1.82) is 0 Å². The predicted molar refractivity (Wildman–Crippen MR) is 133 cm³/mol. The van der Waals surface area contributed by atoms with Gasteiger partial charge in [-0.2, -0.15) is 0 Å². The Morgan fingerprint density at radius 1 is 1.06 bits per heavy atom. The molecule has 7 heteroatoms. The molecule has 3 heterocycles. The molecule has 34 heavy (non-hydrogen) atoms. The number of aromatic nitrogens is 3. The number of esters is 1. The zero-order chi connectivity index (χ0) is 23.1. The number of rotatable bonds is 4. The van der Waals surface area contributed by atoms with Crippen LogP contribution < -0.4 is 5.56 Å². The van der Waals surface area contributed by atoms with Crippen LogP contribution >= 0.6 is 11.3 Å². The first-order valence-corrected chi connectivity index (χ1v) is 11.9. The van der Waals surface area contributed by atoms with E-state index in [4.69, 9.17) is 9.72 Å². The van der Waals surface area contributed by atoms with E-state index < -0.39 is 5.97 Å². The second-order valence-electron chi connectivity index (χ2n) is 8.13.